The molecule has 0 radical (unpaired) electrons. The summed E-state index contributed by atoms with van der Waals surface area (Å²) in [4.78, 5) is 4.21. The van der Waals surface area contributed by atoms with E-state index < -0.39 is 0 Å². The van der Waals surface area contributed by atoms with E-state index in [0.29, 0.717) is 5.92 Å². The van der Waals surface area contributed by atoms with Gasteiger partial charge in [0.25, 0.3) is 0 Å². The molecule has 1 aliphatic rings. The molecule has 1 aromatic carbocycles. The van der Waals surface area contributed by atoms with Crippen LogP contribution in [0.5, 0.6) is 0 Å². The Kier molecular flexibility index (Phi) is 3.06. The molecule has 1 N–H and O–H groups in total. The van der Waals surface area contributed by atoms with Gasteiger partial charge in [-0.25, -0.2) is 0 Å². The van der Waals surface area contributed by atoms with Crippen molar-refractivity contribution in [2.45, 2.75) is 25.2 Å². The first-order valence-electron chi connectivity index (χ1n) is 6.48. The summed E-state index contributed by atoms with van der Waals surface area (Å²) in [5.41, 5.74) is 1.51. The fraction of sp³-hybridized carbons (Fsp3) is 0.400. The molecular formula is C15H18N2. The fourth-order valence-corrected chi connectivity index (χ4v) is 2.83. The van der Waals surface area contributed by atoms with Gasteiger partial charge >= 0.3 is 0 Å². The summed E-state index contributed by atoms with van der Waals surface area (Å²) in [6, 6.07) is 8.76. The van der Waals surface area contributed by atoms with Crippen LogP contribution in [-0.4, -0.2) is 18.1 Å². The molecule has 2 nitrogen and oxygen atoms in total. The predicted octanol–water partition coefficient (Wildman–Crippen LogP) is 3.09. The Morgan fingerprint density at radius 1 is 1.12 bits per heavy atom. The summed E-state index contributed by atoms with van der Waals surface area (Å²) in [5.74, 6) is 0.705. The lowest BCUT2D eigenvalue weighted by atomic mass is 9.89. The van der Waals surface area contributed by atoms with Crippen LogP contribution in [-0.2, 0) is 0 Å². The van der Waals surface area contributed by atoms with Crippen LogP contribution in [0, 0.1) is 0 Å². The summed E-state index contributed by atoms with van der Waals surface area (Å²) in [6.45, 7) is 2.31. The molecule has 1 fully saturated rings. The Balaban J connectivity index is 2.03. The topological polar surface area (TPSA) is 24.9 Å². The predicted molar refractivity (Wildman–Crippen MR) is 71.2 cm³/mol. The molecule has 88 valence electrons. The maximum atomic E-state index is 4.21. The highest BCUT2D eigenvalue weighted by Crippen LogP contribution is 2.31. The number of aromatic nitrogens is 1. The van der Waals surface area contributed by atoms with E-state index in [1.807, 2.05) is 12.4 Å². The number of hydrogen-bond acceptors (Lipinski definition) is 2. The number of fused-ring (bicyclic) bond motifs is 1. The lowest BCUT2D eigenvalue weighted by Crippen LogP contribution is -2.13. The normalized spacial score (nSPS) is 21.3. The number of rotatable bonds is 1. The second kappa shape index (κ2) is 4.84. The number of benzene rings is 1. The van der Waals surface area contributed by atoms with Crippen molar-refractivity contribution in [2.75, 3.05) is 13.1 Å². The Bertz CT molecular complexity index is 494. The lowest BCUT2D eigenvalue weighted by Gasteiger charge is -2.16. The monoisotopic (exact) mass is 226 g/mol. The van der Waals surface area contributed by atoms with Crippen LogP contribution in [0.2, 0.25) is 0 Å². The minimum atomic E-state index is 0.705. The third-order valence-corrected chi connectivity index (χ3v) is 3.73. The van der Waals surface area contributed by atoms with Crippen LogP contribution in [0.3, 0.4) is 0 Å². The van der Waals surface area contributed by atoms with E-state index in [-0.39, 0.29) is 0 Å². The van der Waals surface area contributed by atoms with Crippen molar-refractivity contribution in [2.24, 2.45) is 0 Å². The summed E-state index contributed by atoms with van der Waals surface area (Å²) in [6.07, 6.45) is 7.70. The molecule has 1 unspecified atom stereocenters. The van der Waals surface area contributed by atoms with Crippen LogP contribution >= 0.6 is 0 Å². The van der Waals surface area contributed by atoms with E-state index in [1.165, 1.54) is 42.1 Å². The average Bonchev–Trinajstić information content (AvgIpc) is 2.67. The van der Waals surface area contributed by atoms with Gasteiger partial charge in [-0.2, -0.15) is 0 Å². The van der Waals surface area contributed by atoms with Crippen molar-refractivity contribution in [1.29, 1.82) is 0 Å². The molecule has 1 atom stereocenters. The highest BCUT2D eigenvalue weighted by molar-refractivity contribution is 5.85. The maximum Gasteiger partial charge on any atom is 0.0346 e. The van der Waals surface area contributed by atoms with Crippen molar-refractivity contribution in [3.05, 3.63) is 42.2 Å². The smallest absolute Gasteiger partial charge is 0.0346 e. The minimum absolute atomic E-state index is 0.705. The molecule has 0 aliphatic carbocycles. The molecule has 0 amide bonds. The fourth-order valence-electron chi connectivity index (χ4n) is 2.83. The highest BCUT2D eigenvalue weighted by Gasteiger charge is 2.15. The molecule has 0 saturated carbocycles. The number of pyridine rings is 1. The summed E-state index contributed by atoms with van der Waals surface area (Å²) in [7, 11) is 0. The van der Waals surface area contributed by atoms with Crippen LogP contribution in [0.25, 0.3) is 10.8 Å². The first-order chi connectivity index (χ1) is 8.45. The Labute approximate surface area is 102 Å². The van der Waals surface area contributed by atoms with Crippen molar-refractivity contribution >= 4 is 10.8 Å². The molecule has 1 aromatic heterocycles. The quantitative estimate of drug-likeness (QED) is 0.808. The van der Waals surface area contributed by atoms with Gasteiger partial charge in [0.2, 0.25) is 0 Å². The van der Waals surface area contributed by atoms with Gasteiger partial charge in [0.05, 0.1) is 0 Å². The van der Waals surface area contributed by atoms with Gasteiger partial charge in [-0.1, -0.05) is 18.2 Å². The van der Waals surface area contributed by atoms with Gasteiger partial charge < -0.3 is 5.32 Å². The Morgan fingerprint density at radius 2 is 2.12 bits per heavy atom. The van der Waals surface area contributed by atoms with Crippen molar-refractivity contribution in [3.8, 4) is 0 Å². The molecule has 1 aliphatic heterocycles. The van der Waals surface area contributed by atoms with Crippen LogP contribution in [0.4, 0.5) is 0 Å². The molecule has 0 bridgehead atoms. The molecule has 2 heterocycles. The number of nitrogens with one attached hydrogen (secondary N) is 1. The van der Waals surface area contributed by atoms with Crippen LogP contribution in [0.15, 0.2) is 36.7 Å². The average molecular weight is 226 g/mol. The molecule has 1 saturated heterocycles. The zero-order valence-corrected chi connectivity index (χ0v) is 10.0. The van der Waals surface area contributed by atoms with E-state index in [9.17, 15) is 0 Å². The molecule has 0 spiro atoms. The van der Waals surface area contributed by atoms with Gasteiger partial charge in [-0.3, -0.25) is 4.98 Å². The Hall–Kier alpha value is -1.41. The van der Waals surface area contributed by atoms with Gasteiger partial charge in [-0.05, 0) is 55.3 Å². The van der Waals surface area contributed by atoms with Gasteiger partial charge in [0.15, 0.2) is 0 Å². The Morgan fingerprint density at radius 3 is 3.12 bits per heavy atom. The van der Waals surface area contributed by atoms with Crippen LogP contribution < -0.4 is 5.32 Å². The zero-order valence-electron chi connectivity index (χ0n) is 10.0. The number of hydrogen-bond donors (Lipinski definition) is 1. The van der Waals surface area contributed by atoms with E-state index in [4.69, 9.17) is 0 Å². The van der Waals surface area contributed by atoms with E-state index in [2.05, 4.69) is 34.6 Å². The molecule has 2 aromatic rings. The molecular weight excluding hydrogens is 208 g/mol. The summed E-state index contributed by atoms with van der Waals surface area (Å²) in [5, 5.41) is 6.13. The van der Waals surface area contributed by atoms with Crippen molar-refractivity contribution < 1.29 is 0 Å². The summed E-state index contributed by atoms with van der Waals surface area (Å²) >= 11 is 0. The number of nitrogens with zero attached hydrogens (tertiary/aromatic N) is 1. The van der Waals surface area contributed by atoms with E-state index in [1.54, 1.807) is 0 Å². The van der Waals surface area contributed by atoms with Crippen molar-refractivity contribution in [3.63, 3.8) is 0 Å². The van der Waals surface area contributed by atoms with E-state index in [0.717, 1.165) is 6.54 Å². The van der Waals surface area contributed by atoms with Gasteiger partial charge in [0.1, 0.15) is 0 Å². The standard InChI is InChI=1S/C15H18N2/c1-3-13-11-17-10-7-15(13)14(5-1)12-4-2-8-16-9-6-12/h1,3,5,7,10-12,16H,2,4,6,8-9H2. The maximum absolute atomic E-state index is 4.21. The third-order valence-electron chi connectivity index (χ3n) is 3.73. The second-order valence-electron chi connectivity index (χ2n) is 4.82. The lowest BCUT2D eigenvalue weighted by molar-refractivity contribution is 0.613. The second-order valence-corrected chi connectivity index (χ2v) is 4.82. The molecule has 3 rings (SSSR count). The van der Waals surface area contributed by atoms with E-state index >= 15 is 0 Å². The minimum Gasteiger partial charge on any atom is -0.317 e. The highest BCUT2D eigenvalue weighted by atomic mass is 14.8. The first kappa shape index (κ1) is 10.7. The first-order valence-corrected chi connectivity index (χ1v) is 6.48. The summed E-state index contributed by atoms with van der Waals surface area (Å²) < 4.78 is 0. The van der Waals surface area contributed by atoms with Crippen molar-refractivity contribution in [1.82, 2.24) is 10.3 Å². The zero-order chi connectivity index (χ0) is 11.5. The molecule has 2 heteroatoms. The largest absolute Gasteiger partial charge is 0.317 e. The van der Waals surface area contributed by atoms with Gasteiger partial charge in [-0.15, -0.1) is 0 Å². The third kappa shape index (κ3) is 2.18. The molecule has 17 heavy (non-hydrogen) atoms. The van der Waals surface area contributed by atoms with Crippen LogP contribution in [0.1, 0.15) is 30.7 Å². The van der Waals surface area contributed by atoms with Gasteiger partial charge in [0, 0.05) is 17.8 Å². The SMILES string of the molecule is c1cc(C2CCCNCC2)c2ccncc2c1.